The van der Waals surface area contributed by atoms with E-state index in [2.05, 4.69) is 20.7 Å². The molecule has 0 aliphatic rings. The van der Waals surface area contributed by atoms with Crippen LogP contribution in [0.3, 0.4) is 0 Å². The highest BCUT2D eigenvalue weighted by Crippen LogP contribution is 2.27. The molecule has 3 N–H and O–H groups in total. The highest BCUT2D eigenvalue weighted by atomic mass is 79.9. The molecule has 0 aliphatic carbocycles. The summed E-state index contributed by atoms with van der Waals surface area (Å²) in [5, 5.41) is 6.65. The van der Waals surface area contributed by atoms with Crippen molar-refractivity contribution in [2.45, 2.75) is 15.6 Å². The Hall–Kier alpha value is -0.780. The Morgan fingerprint density at radius 2 is 1.71 bits per heavy atom. The number of hydrogen-bond donors (Lipinski definition) is 2. The molecule has 0 saturated heterocycles. The number of sulfonamides is 2. The molecule has 2 rings (SSSR count). The van der Waals surface area contributed by atoms with Gasteiger partial charge in [0.2, 0.25) is 10.0 Å². The van der Waals surface area contributed by atoms with Crippen LogP contribution in [-0.4, -0.2) is 16.8 Å². The summed E-state index contributed by atoms with van der Waals surface area (Å²) >= 11 is 4.27. The van der Waals surface area contributed by atoms with Crippen LogP contribution in [0.15, 0.2) is 49.3 Å². The van der Waals surface area contributed by atoms with Crippen molar-refractivity contribution in [1.29, 1.82) is 0 Å². The lowest BCUT2D eigenvalue weighted by Crippen LogP contribution is -2.22. The fraction of sp³-hybridized carbons (Fsp3) is 0.0909. The molecule has 114 valence electrons. The molecule has 1 aromatic carbocycles. The zero-order valence-electron chi connectivity index (χ0n) is 10.5. The molecule has 1 aromatic heterocycles. The monoisotopic (exact) mass is 410 g/mol. The van der Waals surface area contributed by atoms with Gasteiger partial charge < -0.3 is 0 Å². The maximum atomic E-state index is 12.1. The molecule has 10 heteroatoms. The van der Waals surface area contributed by atoms with E-state index in [4.69, 9.17) is 5.14 Å². The molecule has 0 atom stereocenters. The van der Waals surface area contributed by atoms with E-state index >= 15 is 0 Å². The van der Waals surface area contributed by atoms with Gasteiger partial charge in [-0.15, -0.1) is 11.3 Å². The summed E-state index contributed by atoms with van der Waals surface area (Å²) in [6.45, 7) is 0.0531. The SMILES string of the molecule is NS(=O)(=O)c1ccc(CNS(=O)(=O)c2sccc2Br)cc1. The Labute approximate surface area is 135 Å². The first kappa shape index (κ1) is 16.6. The number of primary sulfonamides is 1. The quantitative estimate of drug-likeness (QED) is 0.780. The highest BCUT2D eigenvalue weighted by Gasteiger charge is 2.18. The third-order valence-corrected chi connectivity index (χ3v) is 7.55. The average molecular weight is 411 g/mol. The van der Waals surface area contributed by atoms with Gasteiger partial charge in [-0.1, -0.05) is 12.1 Å². The van der Waals surface area contributed by atoms with Gasteiger partial charge in [0.05, 0.1) is 4.90 Å². The number of benzene rings is 1. The van der Waals surface area contributed by atoms with Gasteiger partial charge in [0, 0.05) is 11.0 Å². The minimum atomic E-state index is -3.75. The molecule has 0 bridgehead atoms. The van der Waals surface area contributed by atoms with Crippen LogP contribution in [0.2, 0.25) is 0 Å². The van der Waals surface area contributed by atoms with Crippen LogP contribution in [0.4, 0.5) is 0 Å². The van der Waals surface area contributed by atoms with E-state index in [9.17, 15) is 16.8 Å². The van der Waals surface area contributed by atoms with Crippen molar-refractivity contribution in [2.75, 3.05) is 0 Å². The fourth-order valence-corrected chi connectivity index (χ4v) is 5.43. The van der Waals surface area contributed by atoms with Crippen LogP contribution in [0.1, 0.15) is 5.56 Å². The van der Waals surface area contributed by atoms with E-state index in [0.29, 0.717) is 10.0 Å². The van der Waals surface area contributed by atoms with Crippen molar-refractivity contribution in [1.82, 2.24) is 4.72 Å². The van der Waals surface area contributed by atoms with Crippen LogP contribution >= 0.6 is 27.3 Å². The maximum absolute atomic E-state index is 12.1. The average Bonchev–Trinajstić information content (AvgIpc) is 2.83. The lowest BCUT2D eigenvalue weighted by molar-refractivity contribution is 0.582. The predicted octanol–water partition coefficient (Wildman–Crippen LogP) is 1.64. The molecule has 0 unspecified atom stereocenters. The fourth-order valence-electron chi connectivity index (χ4n) is 1.51. The van der Waals surface area contributed by atoms with Crippen LogP contribution in [0.25, 0.3) is 0 Å². The molecule has 21 heavy (non-hydrogen) atoms. The largest absolute Gasteiger partial charge is 0.251 e. The number of halogens is 1. The molecule has 1 heterocycles. The molecular formula is C11H11BrN2O4S3. The van der Waals surface area contributed by atoms with Crippen molar-refractivity contribution in [3.8, 4) is 0 Å². The minimum Gasteiger partial charge on any atom is -0.225 e. The summed E-state index contributed by atoms with van der Waals surface area (Å²) in [6.07, 6.45) is 0. The molecule has 0 saturated carbocycles. The summed E-state index contributed by atoms with van der Waals surface area (Å²) in [5.41, 5.74) is 0.624. The van der Waals surface area contributed by atoms with E-state index in [1.807, 2.05) is 0 Å². The first-order valence-corrected chi connectivity index (χ1v) is 10.2. The summed E-state index contributed by atoms with van der Waals surface area (Å²) in [7, 11) is -7.35. The van der Waals surface area contributed by atoms with Crippen molar-refractivity contribution >= 4 is 47.3 Å². The number of nitrogens with one attached hydrogen (secondary N) is 1. The minimum absolute atomic E-state index is 0.0184. The molecule has 0 amide bonds. The third-order valence-electron chi connectivity index (χ3n) is 2.55. The Bertz CT molecular complexity index is 842. The predicted molar refractivity (Wildman–Crippen MR) is 83.9 cm³/mol. The normalized spacial score (nSPS) is 12.5. The van der Waals surface area contributed by atoms with Crippen LogP contribution in [0.5, 0.6) is 0 Å². The zero-order valence-corrected chi connectivity index (χ0v) is 14.5. The standard InChI is InChI=1S/C11H11BrN2O4S3/c12-10-5-6-19-11(10)21(17,18)14-7-8-1-3-9(4-2-8)20(13,15)16/h1-6,14H,7H2,(H2,13,15,16). The summed E-state index contributed by atoms with van der Waals surface area (Å²) in [5.74, 6) is 0. The Kier molecular flexibility index (Phi) is 4.85. The molecule has 0 spiro atoms. The lowest BCUT2D eigenvalue weighted by Gasteiger charge is -2.06. The van der Waals surface area contributed by atoms with Crippen LogP contribution in [0, 0.1) is 0 Å². The summed E-state index contributed by atoms with van der Waals surface area (Å²) < 4.78 is 49.5. The van der Waals surface area contributed by atoms with Gasteiger partial charge in [0.1, 0.15) is 4.21 Å². The number of hydrogen-bond acceptors (Lipinski definition) is 5. The highest BCUT2D eigenvalue weighted by molar-refractivity contribution is 9.10. The van der Waals surface area contributed by atoms with Gasteiger partial charge >= 0.3 is 0 Å². The van der Waals surface area contributed by atoms with E-state index in [-0.39, 0.29) is 15.6 Å². The first-order valence-electron chi connectivity index (χ1n) is 5.54. The van der Waals surface area contributed by atoms with Gasteiger partial charge in [-0.3, -0.25) is 0 Å². The molecule has 2 aromatic rings. The topological polar surface area (TPSA) is 106 Å². The first-order chi connectivity index (χ1) is 9.70. The van der Waals surface area contributed by atoms with Crippen molar-refractivity contribution in [3.05, 3.63) is 45.7 Å². The molecular weight excluding hydrogens is 400 g/mol. The smallest absolute Gasteiger partial charge is 0.225 e. The van der Waals surface area contributed by atoms with Gasteiger partial charge in [0.15, 0.2) is 0 Å². The van der Waals surface area contributed by atoms with E-state index in [1.54, 1.807) is 11.4 Å². The number of rotatable bonds is 5. The van der Waals surface area contributed by atoms with E-state index in [0.717, 1.165) is 11.3 Å². The van der Waals surface area contributed by atoms with Crippen molar-refractivity contribution in [2.24, 2.45) is 5.14 Å². The van der Waals surface area contributed by atoms with Crippen molar-refractivity contribution in [3.63, 3.8) is 0 Å². The summed E-state index contributed by atoms with van der Waals surface area (Å²) in [4.78, 5) is -0.0184. The van der Waals surface area contributed by atoms with Crippen molar-refractivity contribution < 1.29 is 16.8 Å². The second-order valence-corrected chi connectivity index (χ2v) is 9.36. The molecule has 0 aliphatic heterocycles. The Morgan fingerprint density at radius 1 is 1.10 bits per heavy atom. The molecule has 0 fully saturated rings. The van der Waals surface area contributed by atoms with Crippen LogP contribution in [-0.2, 0) is 26.6 Å². The Balaban J connectivity index is 2.12. The molecule has 6 nitrogen and oxygen atoms in total. The van der Waals surface area contributed by atoms with Gasteiger partial charge in [0.25, 0.3) is 10.0 Å². The number of thiophene rings is 1. The van der Waals surface area contributed by atoms with Gasteiger partial charge in [-0.05, 0) is 45.1 Å². The van der Waals surface area contributed by atoms with Gasteiger partial charge in [-0.2, -0.15) is 0 Å². The maximum Gasteiger partial charge on any atom is 0.251 e. The molecule has 0 radical (unpaired) electrons. The van der Waals surface area contributed by atoms with E-state index < -0.39 is 20.0 Å². The zero-order chi connectivity index (χ0) is 15.7. The summed E-state index contributed by atoms with van der Waals surface area (Å²) in [6, 6.07) is 7.33. The second-order valence-electron chi connectivity index (χ2n) is 4.07. The number of nitrogens with two attached hydrogens (primary N) is 1. The Morgan fingerprint density at radius 3 is 2.19 bits per heavy atom. The van der Waals surface area contributed by atoms with Crippen LogP contribution < -0.4 is 9.86 Å². The lowest BCUT2D eigenvalue weighted by atomic mass is 10.2. The second kappa shape index (κ2) is 6.15. The van der Waals surface area contributed by atoms with Gasteiger partial charge in [-0.25, -0.2) is 26.7 Å². The third kappa shape index (κ3) is 4.11. The van der Waals surface area contributed by atoms with E-state index in [1.165, 1.54) is 24.3 Å².